The number of carbonyl (C=O) groups excluding carboxylic acids is 2. The van der Waals surface area contributed by atoms with Gasteiger partial charge in [-0.15, -0.1) is 0 Å². The highest BCUT2D eigenvalue weighted by Gasteiger charge is 2.24. The Morgan fingerprint density at radius 3 is 2.12 bits per heavy atom. The molecule has 1 aromatic heterocycles. The van der Waals surface area contributed by atoms with Crippen molar-refractivity contribution in [2.45, 2.75) is 18.5 Å². The first kappa shape index (κ1) is 23.3. The molecule has 172 valence electrons. The summed E-state index contributed by atoms with van der Waals surface area (Å²) < 4.78 is 1.88. The van der Waals surface area contributed by atoms with Crippen molar-refractivity contribution in [2.75, 3.05) is 0 Å². The van der Waals surface area contributed by atoms with Gasteiger partial charge in [0.15, 0.2) is 0 Å². The van der Waals surface area contributed by atoms with E-state index in [1.165, 1.54) is 0 Å². The number of hydrogen-bond donors (Lipinski definition) is 2. The zero-order chi connectivity index (χ0) is 23.9. The number of rotatable bonds is 8. The van der Waals surface area contributed by atoms with Gasteiger partial charge in [-0.25, -0.2) is 4.98 Å². The van der Waals surface area contributed by atoms with Crippen molar-refractivity contribution in [1.82, 2.24) is 20.2 Å². The maximum Gasteiger partial charge on any atom is 0.253 e. The van der Waals surface area contributed by atoms with Gasteiger partial charge in [-0.05, 0) is 23.3 Å². The number of halogens is 1. The predicted octanol–water partition coefficient (Wildman–Crippen LogP) is 4.84. The third-order valence-corrected chi connectivity index (χ3v) is 5.90. The minimum absolute atomic E-state index is 0.0496. The number of carbonyl (C=O) groups is 2. The molecular formula is C27H25ClN4O2. The first-order valence-electron chi connectivity index (χ1n) is 10.9. The molecule has 0 bridgehead atoms. The fourth-order valence-corrected chi connectivity index (χ4v) is 4.04. The molecule has 2 amide bonds. The van der Waals surface area contributed by atoms with E-state index in [4.69, 9.17) is 11.6 Å². The Labute approximate surface area is 203 Å². The highest BCUT2D eigenvalue weighted by Crippen LogP contribution is 2.23. The topological polar surface area (TPSA) is 76.0 Å². The summed E-state index contributed by atoms with van der Waals surface area (Å²) in [6, 6.07) is 25.0. The van der Waals surface area contributed by atoms with Gasteiger partial charge in [-0.3, -0.25) is 9.59 Å². The molecule has 0 unspecified atom stereocenters. The number of hydrogen-bond acceptors (Lipinski definition) is 3. The summed E-state index contributed by atoms with van der Waals surface area (Å²) in [7, 11) is 1.89. The predicted molar refractivity (Wildman–Crippen MR) is 132 cm³/mol. The lowest BCUT2D eigenvalue weighted by Crippen LogP contribution is -2.36. The number of aryl methyl sites for hydroxylation is 1. The highest BCUT2D eigenvalue weighted by molar-refractivity contribution is 6.33. The second kappa shape index (κ2) is 10.8. The Kier molecular flexibility index (Phi) is 7.40. The van der Waals surface area contributed by atoms with E-state index in [9.17, 15) is 9.59 Å². The van der Waals surface area contributed by atoms with Gasteiger partial charge in [0.2, 0.25) is 5.91 Å². The largest absolute Gasteiger partial charge is 0.345 e. The number of amides is 2. The van der Waals surface area contributed by atoms with Crippen LogP contribution in [-0.4, -0.2) is 21.4 Å². The van der Waals surface area contributed by atoms with E-state index in [0.717, 1.165) is 17.0 Å². The van der Waals surface area contributed by atoms with Crippen LogP contribution in [-0.2, 0) is 11.8 Å². The van der Waals surface area contributed by atoms with Gasteiger partial charge in [0.1, 0.15) is 11.9 Å². The van der Waals surface area contributed by atoms with E-state index in [2.05, 4.69) is 15.6 Å². The van der Waals surface area contributed by atoms with Crippen molar-refractivity contribution in [3.8, 4) is 0 Å². The van der Waals surface area contributed by atoms with Crippen molar-refractivity contribution in [3.63, 3.8) is 0 Å². The summed E-state index contributed by atoms with van der Waals surface area (Å²) in [4.78, 5) is 30.7. The first-order chi connectivity index (χ1) is 16.5. The molecule has 0 saturated carbocycles. The number of imidazole rings is 1. The Morgan fingerprint density at radius 2 is 1.50 bits per heavy atom. The first-order valence-corrected chi connectivity index (χ1v) is 11.3. The van der Waals surface area contributed by atoms with Crippen LogP contribution in [0.25, 0.3) is 0 Å². The number of nitrogens with one attached hydrogen (secondary N) is 2. The fraction of sp³-hybridized carbons (Fsp3) is 0.148. The van der Waals surface area contributed by atoms with E-state index in [1.54, 1.807) is 30.5 Å². The molecule has 6 nitrogen and oxygen atoms in total. The summed E-state index contributed by atoms with van der Waals surface area (Å²) in [5, 5.41) is 6.43. The molecule has 3 aromatic carbocycles. The molecule has 2 atom stereocenters. The van der Waals surface area contributed by atoms with Crippen molar-refractivity contribution >= 4 is 23.4 Å². The molecule has 4 aromatic rings. The number of benzene rings is 3. The highest BCUT2D eigenvalue weighted by atomic mass is 35.5. The average Bonchev–Trinajstić information content (AvgIpc) is 3.29. The smallest absolute Gasteiger partial charge is 0.253 e. The van der Waals surface area contributed by atoms with Crippen LogP contribution < -0.4 is 10.6 Å². The van der Waals surface area contributed by atoms with Gasteiger partial charge in [-0.1, -0.05) is 84.4 Å². The zero-order valence-corrected chi connectivity index (χ0v) is 19.4. The molecule has 0 aliphatic carbocycles. The lowest BCUT2D eigenvalue weighted by Gasteiger charge is -2.23. The summed E-state index contributed by atoms with van der Waals surface area (Å²) >= 11 is 6.21. The van der Waals surface area contributed by atoms with Gasteiger partial charge < -0.3 is 15.2 Å². The van der Waals surface area contributed by atoms with E-state index in [1.807, 2.05) is 78.5 Å². The molecule has 4 rings (SSSR count). The Bertz CT molecular complexity index is 1260. The molecular weight excluding hydrogens is 448 g/mol. The lowest BCUT2D eigenvalue weighted by atomic mass is 10.0. The van der Waals surface area contributed by atoms with Crippen molar-refractivity contribution < 1.29 is 9.59 Å². The number of aromatic nitrogens is 2. The molecule has 1 heterocycles. The van der Waals surface area contributed by atoms with Gasteiger partial charge in [0.05, 0.1) is 23.0 Å². The van der Waals surface area contributed by atoms with Crippen LogP contribution in [0.3, 0.4) is 0 Å². The summed E-state index contributed by atoms with van der Waals surface area (Å²) in [5.74, 6) is 0.164. The lowest BCUT2D eigenvalue weighted by molar-refractivity contribution is -0.122. The minimum Gasteiger partial charge on any atom is -0.345 e. The average molecular weight is 473 g/mol. The molecule has 2 N–H and O–H groups in total. The van der Waals surface area contributed by atoms with E-state index >= 15 is 0 Å². The van der Waals surface area contributed by atoms with Crippen LogP contribution in [0.2, 0.25) is 5.02 Å². The maximum atomic E-state index is 13.3. The standard InChI is InChI=1S/C27H25ClN4O2/c1-32-17-16-29-26(32)25(20-12-6-3-7-13-20)31-24(33)18-23(19-10-4-2-5-11-19)30-27(34)21-14-8-9-15-22(21)28/h2-17,23,25H,18H2,1H3,(H,30,34)(H,31,33)/t23-,25-/m0/s1. The third-order valence-electron chi connectivity index (χ3n) is 5.57. The fourth-order valence-electron chi connectivity index (χ4n) is 3.82. The summed E-state index contributed by atoms with van der Waals surface area (Å²) in [5.41, 5.74) is 2.11. The van der Waals surface area contributed by atoms with Crippen LogP contribution in [0.15, 0.2) is 97.3 Å². The molecule has 7 heteroatoms. The zero-order valence-electron chi connectivity index (χ0n) is 18.7. The monoisotopic (exact) mass is 472 g/mol. The molecule has 0 fully saturated rings. The Morgan fingerprint density at radius 1 is 0.882 bits per heavy atom. The maximum absolute atomic E-state index is 13.3. The van der Waals surface area contributed by atoms with Gasteiger partial charge in [0, 0.05) is 19.4 Å². The number of nitrogens with zero attached hydrogens (tertiary/aromatic N) is 2. The van der Waals surface area contributed by atoms with Crippen LogP contribution in [0.1, 0.15) is 45.8 Å². The van der Waals surface area contributed by atoms with E-state index in [-0.39, 0.29) is 18.2 Å². The molecule has 0 spiro atoms. The van der Waals surface area contributed by atoms with Crippen LogP contribution >= 0.6 is 11.6 Å². The van der Waals surface area contributed by atoms with Gasteiger partial charge >= 0.3 is 0 Å². The van der Waals surface area contributed by atoms with Crippen LogP contribution in [0.4, 0.5) is 0 Å². The molecule has 0 aliphatic heterocycles. The Balaban J connectivity index is 1.57. The van der Waals surface area contributed by atoms with Crippen molar-refractivity contribution in [1.29, 1.82) is 0 Å². The quantitative estimate of drug-likeness (QED) is 0.385. The van der Waals surface area contributed by atoms with Gasteiger partial charge in [-0.2, -0.15) is 0 Å². The Hall–Kier alpha value is -3.90. The van der Waals surface area contributed by atoms with Crippen LogP contribution in [0.5, 0.6) is 0 Å². The van der Waals surface area contributed by atoms with Crippen LogP contribution in [0, 0.1) is 0 Å². The van der Waals surface area contributed by atoms with Gasteiger partial charge in [0.25, 0.3) is 5.91 Å². The molecule has 0 saturated heterocycles. The van der Waals surface area contributed by atoms with E-state index in [0.29, 0.717) is 10.6 Å². The molecule has 0 radical (unpaired) electrons. The van der Waals surface area contributed by atoms with E-state index < -0.39 is 12.1 Å². The van der Waals surface area contributed by atoms with Crippen molar-refractivity contribution in [2.24, 2.45) is 7.05 Å². The minimum atomic E-state index is -0.539. The molecule has 34 heavy (non-hydrogen) atoms. The summed E-state index contributed by atoms with van der Waals surface area (Å²) in [6.45, 7) is 0. The SMILES string of the molecule is Cn1ccnc1[C@@H](NC(=O)C[C@H](NC(=O)c1ccccc1Cl)c1ccccc1)c1ccccc1. The third kappa shape index (κ3) is 5.53. The second-order valence-electron chi connectivity index (χ2n) is 7.93. The molecule has 0 aliphatic rings. The summed E-state index contributed by atoms with van der Waals surface area (Å²) in [6.07, 6.45) is 3.59. The normalized spacial score (nSPS) is 12.5. The van der Waals surface area contributed by atoms with Crippen molar-refractivity contribution in [3.05, 3.63) is 125 Å². The second-order valence-corrected chi connectivity index (χ2v) is 8.34.